The van der Waals surface area contributed by atoms with Crippen molar-refractivity contribution in [3.05, 3.63) is 42.5 Å². The number of aliphatic carboxylic acids is 1. The van der Waals surface area contributed by atoms with E-state index >= 15 is 0 Å². The monoisotopic (exact) mass is 328 g/mol. The van der Waals surface area contributed by atoms with Gasteiger partial charge in [-0.25, -0.2) is 0 Å². The van der Waals surface area contributed by atoms with Gasteiger partial charge in [-0.15, -0.1) is 0 Å². The van der Waals surface area contributed by atoms with E-state index in [2.05, 4.69) is 0 Å². The maximum Gasteiger partial charge on any atom is 0.307 e. The Hall–Kier alpha value is -2.40. The lowest BCUT2D eigenvalue weighted by molar-refractivity contribution is -0.142. The van der Waals surface area contributed by atoms with Crippen LogP contribution < -0.4 is 4.90 Å². The van der Waals surface area contributed by atoms with E-state index in [0.717, 1.165) is 16.5 Å². The summed E-state index contributed by atoms with van der Waals surface area (Å²) in [4.78, 5) is 27.2. The van der Waals surface area contributed by atoms with Gasteiger partial charge >= 0.3 is 5.97 Å². The molecule has 1 atom stereocenters. The number of carboxylic acids is 1. The molecule has 128 valence electrons. The summed E-state index contributed by atoms with van der Waals surface area (Å²) in [5.74, 6) is -1.39. The van der Waals surface area contributed by atoms with Gasteiger partial charge in [0.05, 0.1) is 18.2 Å². The molecule has 2 aromatic carbocycles. The van der Waals surface area contributed by atoms with Gasteiger partial charge in [0.15, 0.2) is 0 Å². The molecule has 0 fully saturated rings. The second-order valence-electron chi connectivity index (χ2n) is 6.07. The molecule has 2 rings (SSSR count). The number of likely N-dealkylation sites (N-methyl/N-ethyl adjacent to an activating group) is 2. The molecular formula is C19H24N2O3. The molecule has 0 spiro atoms. The zero-order valence-electron chi connectivity index (χ0n) is 14.4. The predicted molar refractivity (Wildman–Crippen MR) is 96.3 cm³/mol. The van der Waals surface area contributed by atoms with Gasteiger partial charge in [-0.3, -0.25) is 14.5 Å². The Morgan fingerprint density at radius 1 is 1.12 bits per heavy atom. The van der Waals surface area contributed by atoms with Crippen molar-refractivity contribution in [2.75, 3.05) is 31.6 Å². The summed E-state index contributed by atoms with van der Waals surface area (Å²) in [6.45, 7) is 4.68. The Balaban J connectivity index is 2.18. The summed E-state index contributed by atoms with van der Waals surface area (Å²) >= 11 is 0. The van der Waals surface area contributed by atoms with E-state index in [4.69, 9.17) is 5.11 Å². The van der Waals surface area contributed by atoms with Gasteiger partial charge < -0.3 is 10.0 Å². The van der Waals surface area contributed by atoms with E-state index in [-0.39, 0.29) is 12.5 Å². The number of carbonyl (C=O) groups is 2. The number of amides is 1. The fourth-order valence-corrected chi connectivity index (χ4v) is 2.85. The topological polar surface area (TPSA) is 60.9 Å². The first-order chi connectivity index (χ1) is 11.4. The standard InChI is InChI=1S/C19H24N2O3/c1-4-21(18(22)13-20(3)12-14(2)19(23)24)17-11-7-9-15-8-5-6-10-16(15)17/h5-11,14H,4,12-13H2,1-3H3,(H,23,24). The zero-order chi connectivity index (χ0) is 17.7. The summed E-state index contributed by atoms with van der Waals surface area (Å²) in [5.41, 5.74) is 0.889. The number of rotatable bonds is 7. The Bertz CT molecular complexity index is 724. The number of anilines is 1. The first-order valence-corrected chi connectivity index (χ1v) is 8.13. The predicted octanol–water partition coefficient (Wildman–Crippen LogP) is 2.85. The second kappa shape index (κ2) is 7.93. The fourth-order valence-electron chi connectivity index (χ4n) is 2.85. The number of carboxylic acid groups (broad SMARTS) is 1. The van der Waals surface area contributed by atoms with Gasteiger partial charge in [0, 0.05) is 18.5 Å². The van der Waals surface area contributed by atoms with E-state index < -0.39 is 11.9 Å². The van der Waals surface area contributed by atoms with Crippen molar-refractivity contribution in [3.8, 4) is 0 Å². The van der Waals surface area contributed by atoms with Crippen molar-refractivity contribution in [3.63, 3.8) is 0 Å². The fraction of sp³-hybridized carbons (Fsp3) is 0.368. The molecule has 1 N–H and O–H groups in total. The molecule has 0 aromatic heterocycles. The molecule has 0 saturated heterocycles. The molecule has 2 aromatic rings. The molecular weight excluding hydrogens is 304 g/mol. The zero-order valence-corrected chi connectivity index (χ0v) is 14.4. The maximum absolute atomic E-state index is 12.7. The molecule has 1 amide bonds. The number of nitrogens with zero attached hydrogens (tertiary/aromatic N) is 2. The molecule has 5 nitrogen and oxygen atoms in total. The maximum atomic E-state index is 12.7. The van der Waals surface area contributed by atoms with Crippen LogP contribution in [0.25, 0.3) is 10.8 Å². The van der Waals surface area contributed by atoms with Crippen LogP contribution >= 0.6 is 0 Å². The number of carbonyl (C=O) groups excluding carboxylic acids is 1. The first-order valence-electron chi connectivity index (χ1n) is 8.13. The third-order valence-corrected chi connectivity index (χ3v) is 4.09. The van der Waals surface area contributed by atoms with Gasteiger partial charge in [-0.2, -0.15) is 0 Å². The quantitative estimate of drug-likeness (QED) is 0.849. The highest BCUT2D eigenvalue weighted by atomic mass is 16.4. The largest absolute Gasteiger partial charge is 0.481 e. The number of hydrogen-bond acceptors (Lipinski definition) is 3. The van der Waals surface area contributed by atoms with E-state index in [1.165, 1.54) is 0 Å². The minimum atomic E-state index is -0.851. The van der Waals surface area contributed by atoms with Crippen molar-refractivity contribution < 1.29 is 14.7 Å². The van der Waals surface area contributed by atoms with Crippen LogP contribution in [0.15, 0.2) is 42.5 Å². The average molecular weight is 328 g/mol. The smallest absolute Gasteiger partial charge is 0.307 e. The van der Waals surface area contributed by atoms with Gasteiger partial charge in [0.1, 0.15) is 0 Å². The molecule has 0 aliphatic rings. The molecule has 0 saturated carbocycles. The molecule has 0 aliphatic carbocycles. The number of hydrogen-bond donors (Lipinski definition) is 1. The average Bonchev–Trinajstić information content (AvgIpc) is 2.55. The van der Waals surface area contributed by atoms with E-state index in [1.807, 2.05) is 49.4 Å². The van der Waals surface area contributed by atoms with Crippen LogP contribution in [0.1, 0.15) is 13.8 Å². The van der Waals surface area contributed by atoms with E-state index in [9.17, 15) is 9.59 Å². The lowest BCUT2D eigenvalue weighted by atomic mass is 10.1. The lowest BCUT2D eigenvalue weighted by Crippen LogP contribution is -2.41. The van der Waals surface area contributed by atoms with Gasteiger partial charge in [0.25, 0.3) is 0 Å². The summed E-state index contributed by atoms with van der Waals surface area (Å²) in [6, 6.07) is 13.9. The second-order valence-corrected chi connectivity index (χ2v) is 6.07. The van der Waals surface area contributed by atoms with Gasteiger partial charge in [-0.05, 0) is 25.4 Å². The van der Waals surface area contributed by atoms with Crippen LogP contribution in [0.3, 0.4) is 0 Å². The van der Waals surface area contributed by atoms with Crippen LogP contribution in [0.4, 0.5) is 5.69 Å². The van der Waals surface area contributed by atoms with Crippen LogP contribution in [0, 0.1) is 5.92 Å². The van der Waals surface area contributed by atoms with Crippen LogP contribution in [0.5, 0.6) is 0 Å². The summed E-state index contributed by atoms with van der Waals surface area (Å²) in [7, 11) is 1.77. The third-order valence-electron chi connectivity index (χ3n) is 4.09. The molecule has 0 radical (unpaired) electrons. The Kier molecular flexibility index (Phi) is 5.93. The Morgan fingerprint density at radius 3 is 2.46 bits per heavy atom. The van der Waals surface area contributed by atoms with Crippen molar-refractivity contribution in [1.82, 2.24) is 4.90 Å². The molecule has 24 heavy (non-hydrogen) atoms. The summed E-state index contributed by atoms with van der Waals surface area (Å²) < 4.78 is 0. The summed E-state index contributed by atoms with van der Waals surface area (Å²) in [5, 5.41) is 11.1. The van der Waals surface area contributed by atoms with Gasteiger partial charge in [0.2, 0.25) is 5.91 Å². The Morgan fingerprint density at radius 2 is 1.79 bits per heavy atom. The number of fused-ring (bicyclic) bond motifs is 1. The van der Waals surface area contributed by atoms with E-state index in [0.29, 0.717) is 13.1 Å². The van der Waals surface area contributed by atoms with Gasteiger partial charge in [-0.1, -0.05) is 43.3 Å². The van der Waals surface area contributed by atoms with Crippen LogP contribution in [0.2, 0.25) is 0 Å². The van der Waals surface area contributed by atoms with Crippen LogP contribution in [-0.4, -0.2) is 48.6 Å². The highest BCUT2D eigenvalue weighted by Crippen LogP contribution is 2.26. The molecule has 0 aliphatic heterocycles. The highest BCUT2D eigenvalue weighted by molar-refractivity contribution is 6.04. The third kappa shape index (κ3) is 4.11. The van der Waals surface area contributed by atoms with Crippen molar-refractivity contribution in [2.24, 2.45) is 5.92 Å². The lowest BCUT2D eigenvalue weighted by Gasteiger charge is -2.26. The normalized spacial score (nSPS) is 12.3. The molecule has 5 heteroatoms. The molecule has 1 unspecified atom stereocenters. The highest BCUT2D eigenvalue weighted by Gasteiger charge is 2.20. The van der Waals surface area contributed by atoms with E-state index in [1.54, 1.807) is 23.8 Å². The van der Waals surface area contributed by atoms with Crippen molar-refractivity contribution >= 4 is 28.3 Å². The molecule has 0 bridgehead atoms. The summed E-state index contributed by atoms with van der Waals surface area (Å²) in [6.07, 6.45) is 0. The molecule has 0 heterocycles. The van der Waals surface area contributed by atoms with Crippen LogP contribution in [-0.2, 0) is 9.59 Å². The Labute approximate surface area is 142 Å². The van der Waals surface area contributed by atoms with Crippen molar-refractivity contribution in [2.45, 2.75) is 13.8 Å². The first kappa shape index (κ1) is 17.9. The SMILES string of the molecule is CCN(C(=O)CN(C)CC(C)C(=O)O)c1cccc2ccccc12. The minimum absolute atomic E-state index is 0.0334. The number of benzene rings is 2. The minimum Gasteiger partial charge on any atom is -0.481 e. The van der Waals surface area contributed by atoms with Crippen molar-refractivity contribution in [1.29, 1.82) is 0 Å².